The summed E-state index contributed by atoms with van der Waals surface area (Å²) in [5, 5.41) is 8.66. The number of Topliss-reactive ketones (excluding diaryl/α,β-unsaturated/α-hetero) is 1. The monoisotopic (exact) mass is 238 g/mol. The standard InChI is InChI=1S/C13H15FO3/c1-9(13(16)17)2-7-12(15)8-10-3-5-11(14)6-4-10/h3-6,9H,2,7-8H2,1H3,(H,16,17). The Balaban J connectivity index is 2.39. The highest BCUT2D eigenvalue weighted by Gasteiger charge is 2.13. The summed E-state index contributed by atoms with van der Waals surface area (Å²) in [6, 6.07) is 5.74. The van der Waals surface area contributed by atoms with E-state index in [-0.39, 0.29) is 24.4 Å². The van der Waals surface area contributed by atoms with Gasteiger partial charge in [-0.05, 0) is 24.1 Å². The van der Waals surface area contributed by atoms with Gasteiger partial charge in [0.25, 0.3) is 0 Å². The smallest absolute Gasteiger partial charge is 0.306 e. The van der Waals surface area contributed by atoms with Crippen molar-refractivity contribution in [2.24, 2.45) is 5.92 Å². The molecule has 0 spiro atoms. The van der Waals surface area contributed by atoms with Crippen molar-refractivity contribution in [3.8, 4) is 0 Å². The van der Waals surface area contributed by atoms with E-state index in [0.717, 1.165) is 5.56 Å². The third-order valence-electron chi connectivity index (χ3n) is 2.59. The normalized spacial score (nSPS) is 12.1. The molecule has 0 aliphatic heterocycles. The predicted octanol–water partition coefficient (Wildman–Crippen LogP) is 2.44. The van der Waals surface area contributed by atoms with Crippen LogP contribution in [0.15, 0.2) is 24.3 Å². The third kappa shape index (κ3) is 4.76. The molecule has 0 amide bonds. The second-order valence-corrected chi connectivity index (χ2v) is 4.12. The Kier molecular flexibility index (Phi) is 4.82. The molecule has 0 saturated heterocycles. The molecule has 92 valence electrons. The highest BCUT2D eigenvalue weighted by molar-refractivity contribution is 5.81. The molecule has 0 bridgehead atoms. The molecule has 0 aromatic heterocycles. The number of hydrogen-bond donors (Lipinski definition) is 1. The maximum atomic E-state index is 12.6. The van der Waals surface area contributed by atoms with Crippen molar-refractivity contribution in [3.63, 3.8) is 0 Å². The highest BCUT2D eigenvalue weighted by Crippen LogP contribution is 2.09. The first-order valence-corrected chi connectivity index (χ1v) is 5.48. The van der Waals surface area contributed by atoms with Crippen molar-refractivity contribution in [2.75, 3.05) is 0 Å². The van der Waals surface area contributed by atoms with E-state index in [0.29, 0.717) is 6.42 Å². The van der Waals surface area contributed by atoms with Crippen molar-refractivity contribution in [2.45, 2.75) is 26.2 Å². The first kappa shape index (κ1) is 13.4. The molecule has 3 nitrogen and oxygen atoms in total. The number of hydrogen-bond acceptors (Lipinski definition) is 2. The first-order valence-electron chi connectivity index (χ1n) is 5.48. The van der Waals surface area contributed by atoms with E-state index in [1.807, 2.05) is 0 Å². The van der Waals surface area contributed by atoms with Gasteiger partial charge >= 0.3 is 5.97 Å². The van der Waals surface area contributed by atoms with Gasteiger partial charge in [-0.2, -0.15) is 0 Å². The fraction of sp³-hybridized carbons (Fsp3) is 0.385. The van der Waals surface area contributed by atoms with E-state index in [1.54, 1.807) is 19.1 Å². The fourth-order valence-electron chi connectivity index (χ4n) is 1.42. The number of ketones is 1. The van der Waals surface area contributed by atoms with Gasteiger partial charge in [-0.15, -0.1) is 0 Å². The number of carboxylic acids is 1. The van der Waals surface area contributed by atoms with E-state index in [2.05, 4.69) is 0 Å². The fourth-order valence-corrected chi connectivity index (χ4v) is 1.42. The van der Waals surface area contributed by atoms with Crippen LogP contribution in [-0.2, 0) is 16.0 Å². The summed E-state index contributed by atoms with van der Waals surface area (Å²) in [4.78, 5) is 22.1. The number of carbonyl (C=O) groups excluding carboxylic acids is 1. The Morgan fingerprint density at radius 3 is 2.41 bits per heavy atom. The Bertz CT molecular complexity index is 398. The lowest BCUT2D eigenvalue weighted by molar-refractivity contribution is -0.141. The van der Waals surface area contributed by atoms with Gasteiger partial charge in [0.1, 0.15) is 11.6 Å². The van der Waals surface area contributed by atoms with Crippen LogP contribution >= 0.6 is 0 Å². The Hall–Kier alpha value is -1.71. The number of rotatable bonds is 6. The first-order chi connectivity index (χ1) is 7.99. The van der Waals surface area contributed by atoms with Crippen LogP contribution in [0.5, 0.6) is 0 Å². The number of carbonyl (C=O) groups is 2. The van der Waals surface area contributed by atoms with Crippen molar-refractivity contribution < 1.29 is 19.1 Å². The van der Waals surface area contributed by atoms with Gasteiger partial charge in [0.2, 0.25) is 0 Å². The summed E-state index contributed by atoms with van der Waals surface area (Å²) in [6.07, 6.45) is 0.812. The Labute approximate surface area is 99.3 Å². The van der Waals surface area contributed by atoms with Crippen LogP contribution in [0.25, 0.3) is 0 Å². The van der Waals surface area contributed by atoms with Gasteiger partial charge in [0, 0.05) is 12.8 Å². The number of carboxylic acid groups (broad SMARTS) is 1. The van der Waals surface area contributed by atoms with E-state index in [9.17, 15) is 14.0 Å². The molecule has 1 unspecified atom stereocenters. The molecule has 0 saturated carbocycles. The summed E-state index contributed by atoms with van der Waals surface area (Å²) in [6.45, 7) is 1.58. The van der Waals surface area contributed by atoms with Crippen LogP contribution in [0.4, 0.5) is 4.39 Å². The zero-order valence-electron chi connectivity index (χ0n) is 9.65. The lowest BCUT2D eigenvalue weighted by Gasteiger charge is -2.05. The van der Waals surface area contributed by atoms with Gasteiger partial charge in [-0.25, -0.2) is 4.39 Å². The van der Waals surface area contributed by atoms with Gasteiger partial charge in [0.15, 0.2) is 0 Å². The van der Waals surface area contributed by atoms with E-state index < -0.39 is 11.9 Å². The average molecular weight is 238 g/mol. The largest absolute Gasteiger partial charge is 0.481 e. The highest BCUT2D eigenvalue weighted by atomic mass is 19.1. The van der Waals surface area contributed by atoms with Crippen molar-refractivity contribution in [3.05, 3.63) is 35.6 Å². The summed E-state index contributed by atoms with van der Waals surface area (Å²) in [5.41, 5.74) is 0.749. The number of benzene rings is 1. The minimum absolute atomic E-state index is 0.0234. The summed E-state index contributed by atoms with van der Waals surface area (Å²) in [7, 11) is 0. The molecule has 17 heavy (non-hydrogen) atoms. The van der Waals surface area contributed by atoms with E-state index in [4.69, 9.17) is 5.11 Å². The zero-order chi connectivity index (χ0) is 12.8. The summed E-state index contributed by atoms with van der Waals surface area (Å²) >= 11 is 0. The molecule has 0 aliphatic rings. The molecular weight excluding hydrogens is 223 g/mol. The van der Waals surface area contributed by atoms with Gasteiger partial charge in [-0.3, -0.25) is 9.59 Å². The third-order valence-corrected chi connectivity index (χ3v) is 2.59. The SMILES string of the molecule is CC(CCC(=O)Cc1ccc(F)cc1)C(=O)O. The molecule has 1 aromatic carbocycles. The molecule has 1 rings (SSSR count). The lowest BCUT2D eigenvalue weighted by Crippen LogP contribution is -2.12. The predicted molar refractivity (Wildman–Crippen MR) is 61.1 cm³/mol. The van der Waals surface area contributed by atoms with Crippen LogP contribution in [0.3, 0.4) is 0 Å². The average Bonchev–Trinajstić information content (AvgIpc) is 2.29. The lowest BCUT2D eigenvalue weighted by atomic mass is 10.0. The molecule has 1 aromatic rings. The van der Waals surface area contributed by atoms with Crippen LogP contribution in [0, 0.1) is 11.7 Å². The topological polar surface area (TPSA) is 54.4 Å². The maximum absolute atomic E-state index is 12.6. The molecule has 0 radical (unpaired) electrons. The van der Waals surface area contributed by atoms with Gasteiger partial charge < -0.3 is 5.11 Å². The molecule has 1 atom stereocenters. The van der Waals surface area contributed by atoms with Crippen molar-refractivity contribution in [1.82, 2.24) is 0 Å². The minimum atomic E-state index is -0.889. The Morgan fingerprint density at radius 2 is 1.88 bits per heavy atom. The molecule has 0 heterocycles. The molecule has 4 heteroatoms. The minimum Gasteiger partial charge on any atom is -0.481 e. The van der Waals surface area contributed by atoms with E-state index in [1.165, 1.54) is 12.1 Å². The van der Waals surface area contributed by atoms with Gasteiger partial charge in [-0.1, -0.05) is 19.1 Å². The molecule has 1 N–H and O–H groups in total. The number of halogens is 1. The van der Waals surface area contributed by atoms with Crippen LogP contribution in [-0.4, -0.2) is 16.9 Å². The zero-order valence-corrected chi connectivity index (χ0v) is 9.65. The summed E-state index contributed by atoms with van der Waals surface area (Å²) in [5.74, 6) is -1.75. The summed E-state index contributed by atoms with van der Waals surface area (Å²) < 4.78 is 12.6. The quantitative estimate of drug-likeness (QED) is 0.828. The maximum Gasteiger partial charge on any atom is 0.306 e. The van der Waals surface area contributed by atoms with Crippen LogP contribution in [0.1, 0.15) is 25.3 Å². The molecule has 0 fully saturated rings. The Morgan fingerprint density at radius 1 is 1.29 bits per heavy atom. The van der Waals surface area contributed by atoms with Crippen molar-refractivity contribution >= 4 is 11.8 Å². The van der Waals surface area contributed by atoms with Crippen molar-refractivity contribution in [1.29, 1.82) is 0 Å². The second kappa shape index (κ2) is 6.13. The molecule has 0 aliphatic carbocycles. The number of aliphatic carboxylic acids is 1. The van der Waals surface area contributed by atoms with Gasteiger partial charge in [0.05, 0.1) is 5.92 Å². The van der Waals surface area contributed by atoms with E-state index >= 15 is 0 Å². The molecular formula is C13H15FO3. The second-order valence-electron chi connectivity index (χ2n) is 4.12. The van der Waals surface area contributed by atoms with Crippen LogP contribution < -0.4 is 0 Å². The van der Waals surface area contributed by atoms with Crippen LogP contribution in [0.2, 0.25) is 0 Å².